The summed E-state index contributed by atoms with van der Waals surface area (Å²) >= 11 is 0. The van der Waals surface area contributed by atoms with E-state index >= 15 is 0 Å². The standard InChI is InChI=1S/C18H30N8O5/c1-9(19)2-4-25(5-3-10(20)18(29)30)6-11-13(27)14(28)17(31-11)26-8-24-12-15(21)22-7-23-16(12)26/h7-11,13-14,17,27-28H,2-6,19-20H2,1H3,(H,29,30)(H2,21,22,23)/t9?,10?,11-,13-,14-,17-/m1/s1. The first-order valence-electron chi connectivity index (χ1n) is 10.1. The fourth-order valence-electron chi connectivity index (χ4n) is 3.55. The van der Waals surface area contributed by atoms with E-state index in [-0.39, 0.29) is 24.8 Å². The van der Waals surface area contributed by atoms with E-state index < -0.39 is 36.6 Å². The highest BCUT2D eigenvalue weighted by atomic mass is 16.6. The van der Waals surface area contributed by atoms with Crippen molar-refractivity contribution < 1.29 is 24.9 Å². The zero-order chi connectivity index (χ0) is 22.7. The number of hydrogen-bond donors (Lipinski definition) is 6. The van der Waals surface area contributed by atoms with E-state index in [9.17, 15) is 15.0 Å². The van der Waals surface area contributed by atoms with Crippen LogP contribution in [0.2, 0.25) is 0 Å². The summed E-state index contributed by atoms with van der Waals surface area (Å²) in [7, 11) is 0. The Hall–Kier alpha value is -2.42. The van der Waals surface area contributed by atoms with E-state index in [0.717, 1.165) is 0 Å². The molecule has 2 unspecified atom stereocenters. The number of ether oxygens (including phenoxy) is 1. The predicted molar refractivity (Wildman–Crippen MR) is 111 cm³/mol. The molecular formula is C18H30N8O5. The predicted octanol–water partition coefficient (Wildman–Crippen LogP) is -2.13. The molecule has 0 amide bonds. The Bertz CT molecular complexity index is 893. The highest BCUT2D eigenvalue weighted by Gasteiger charge is 2.44. The minimum Gasteiger partial charge on any atom is -0.480 e. The van der Waals surface area contributed by atoms with E-state index in [2.05, 4.69) is 15.0 Å². The number of carboxylic acids is 1. The second kappa shape index (κ2) is 9.80. The fraction of sp³-hybridized carbons (Fsp3) is 0.667. The molecule has 0 saturated carbocycles. The molecule has 1 saturated heterocycles. The van der Waals surface area contributed by atoms with Crippen LogP contribution < -0.4 is 17.2 Å². The average molecular weight is 438 g/mol. The van der Waals surface area contributed by atoms with Crippen LogP contribution in [0, 0.1) is 0 Å². The van der Waals surface area contributed by atoms with Gasteiger partial charge in [0.15, 0.2) is 17.7 Å². The molecule has 1 fully saturated rings. The number of aromatic nitrogens is 4. The highest BCUT2D eigenvalue weighted by molar-refractivity contribution is 5.81. The molecule has 3 rings (SSSR count). The summed E-state index contributed by atoms with van der Waals surface area (Å²) < 4.78 is 7.48. The van der Waals surface area contributed by atoms with Crippen LogP contribution in [0.25, 0.3) is 11.2 Å². The summed E-state index contributed by atoms with van der Waals surface area (Å²) in [5.41, 5.74) is 18.0. The maximum Gasteiger partial charge on any atom is 0.320 e. The van der Waals surface area contributed by atoms with Crippen molar-refractivity contribution in [3.8, 4) is 0 Å². The zero-order valence-corrected chi connectivity index (χ0v) is 17.3. The first kappa shape index (κ1) is 23.2. The van der Waals surface area contributed by atoms with Crippen molar-refractivity contribution in [1.82, 2.24) is 24.4 Å². The normalized spacial score (nSPS) is 25.9. The number of aliphatic carboxylic acids is 1. The molecule has 2 aromatic heterocycles. The first-order valence-corrected chi connectivity index (χ1v) is 10.1. The molecule has 9 N–H and O–H groups in total. The van der Waals surface area contributed by atoms with Gasteiger partial charge in [0.05, 0.1) is 6.33 Å². The topological polar surface area (TPSA) is 212 Å². The molecule has 6 atom stereocenters. The summed E-state index contributed by atoms with van der Waals surface area (Å²) in [6, 6.07) is -1.04. The van der Waals surface area contributed by atoms with Crippen LogP contribution in [0.15, 0.2) is 12.7 Å². The monoisotopic (exact) mass is 438 g/mol. The Morgan fingerprint density at radius 2 is 1.94 bits per heavy atom. The van der Waals surface area contributed by atoms with Crippen LogP contribution in [-0.4, -0.2) is 95.7 Å². The lowest BCUT2D eigenvalue weighted by Crippen LogP contribution is -2.43. The molecule has 0 aromatic carbocycles. The van der Waals surface area contributed by atoms with Crippen molar-refractivity contribution in [2.45, 2.75) is 56.4 Å². The second-order valence-corrected chi connectivity index (χ2v) is 7.93. The van der Waals surface area contributed by atoms with Crippen LogP contribution in [0.1, 0.15) is 26.0 Å². The third-order valence-electron chi connectivity index (χ3n) is 5.41. The average Bonchev–Trinajstić information content (AvgIpc) is 3.26. The van der Waals surface area contributed by atoms with E-state index in [4.69, 9.17) is 27.0 Å². The Kier molecular flexibility index (Phi) is 7.35. The van der Waals surface area contributed by atoms with Crippen molar-refractivity contribution in [2.24, 2.45) is 11.5 Å². The van der Waals surface area contributed by atoms with Crippen LogP contribution in [0.4, 0.5) is 5.82 Å². The number of rotatable bonds is 10. The van der Waals surface area contributed by atoms with Gasteiger partial charge in [-0.15, -0.1) is 0 Å². The van der Waals surface area contributed by atoms with Crippen LogP contribution >= 0.6 is 0 Å². The van der Waals surface area contributed by atoms with Gasteiger partial charge in [-0.3, -0.25) is 9.36 Å². The van der Waals surface area contributed by atoms with Gasteiger partial charge >= 0.3 is 5.97 Å². The van der Waals surface area contributed by atoms with Crippen molar-refractivity contribution >= 4 is 23.0 Å². The van der Waals surface area contributed by atoms with Crippen molar-refractivity contribution in [1.29, 1.82) is 0 Å². The minimum absolute atomic E-state index is 0.0501. The number of hydrogen-bond acceptors (Lipinski definition) is 11. The molecule has 31 heavy (non-hydrogen) atoms. The maximum absolute atomic E-state index is 11.0. The van der Waals surface area contributed by atoms with Crippen LogP contribution in [0.3, 0.4) is 0 Å². The number of anilines is 1. The Balaban J connectivity index is 1.72. The number of aliphatic hydroxyl groups is 2. The summed E-state index contributed by atoms with van der Waals surface area (Å²) in [4.78, 5) is 25.2. The molecule has 13 nitrogen and oxygen atoms in total. The van der Waals surface area contributed by atoms with Gasteiger partial charge in [-0.1, -0.05) is 0 Å². The fourth-order valence-corrected chi connectivity index (χ4v) is 3.55. The summed E-state index contributed by atoms with van der Waals surface area (Å²) in [6.45, 7) is 3.08. The molecule has 2 aromatic rings. The number of aliphatic hydroxyl groups excluding tert-OH is 2. The van der Waals surface area contributed by atoms with Gasteiger partial charge in [0.25, 0.3) is 0 Å². The van der Waals surface area contributed by atoms with Crippen LogP contribution in [0.5, 0.6) is 0 Å². The lowest BCUT2D eigenvalue weighted by atomic mass is 10.1. The van der Waals surface area contributed by atoms with E-state index in [1.165, 1.54) is 17.2 Å². The molecule has 0 aliphatic carbocycles. The molecule has 0 spiro atoms. The van der Waals surface area contributed by atoms with Gasteiger partial charge < -0.3 is 42.2 Å². The van der Waals surface area contributed by atoms with Crippen molar-refractivity contribution in [3.05, 3.63) is 12.7 Å². The van der Waals surface area contributed by atoms with Gasteiger partial charge in [-0.25, -0.2) is 15.0 Å². The molecule has 172 valence electrons. The third-order valence-corrected chi connectivity index (χ3v) is 5.41. The molecular weight excluding hydrogens is 408 g/mol. The Morgan fingerprint density at radius 3 is 2.61 bits per heavy atom. The van der Waals surface area contributed by atoms with E-state index in [1.54, 1.807) is 0 Å². The lowest BCUT2D eigenvalue weighted by molar-refractivity contribution is -0.138. The third kappa shape index (κ3) is 5.26. The molecule has 0 radical (unpaired) electrons. The first-order chi connectivity index (χ1) is 14.7. The van der Waals surface area contributed by atoms with Gasteiger partial charge in [-0.05, 0) is 26.3 Å². The smallest absolute Gasteiger partial charge is 0.320 e. The van der Waals surface area contributed by atoms with E-state index in [0.29, 0.717) is 30.7 Å². The molecule has 1 aliphatic rings. The SMILES string of the molecule is CC(N)CCN(CCC(N)C(=O)O)C[C@H]1O[C@@H](n2cnc3c(N)ncnc32)[C@H](O)[C@@H]1O. The van der Waals surface area contributed by atoms with Gasteiger partial charge in [0, 0.05) is 19.1 Å². The number of carboxylic acid groups (broad SMARTS) is 1. The van der Waals surface area contributed by atoms with Gasteiger partial charge in [0.2, 0.25) is 0 Å². The summed E-state index contributed by atoms with van der Waals surface area (Å²) in [5.74, 6) is -0.877. The van der Waals surface area contributed by atoms with Crippen LogP contribution in [-0.2, 0) is 9.53 Å². The molecule has 13 heteroatoms. The minimum atomic E-state index is -1.23. The lowest BCUT2D eigenvalue weighted by Gasteiger charge is -2.27. The van der Waals surface area contributed by atoms with E-state index in [1.807, 2.05) is 11.8 Å². The quantitative estimate of drug-likeness (QED) is 0.235. The number of imidazole rings is 1. The molecule has 1 aliphatic heterocycles. The molecule has 0 bridgehead atoms. The number of nitrogens with zero attached hydrogens (tertiary/aromatic N) is 5. The largest absolute Gasteiger partial charge is 0.480 e. The maximum atomic E-state index is 11.0. The number of carbonyl (C=O) groups is 1. The summed E-state index contributed by atoms with van der Waals surface area (Å²) in [6.07, 6.45) is -0.445. The van der Waals surface area contributed by atoms with Gasteiger partial charge in [-0.2, -0.15) is 0 Å². The number of fused-ring (bicyclic) bond motifs is 1. The Labute approximate surface area is 178 Å². The number of nitrogens with two attached hydrogens (primary N) is 3. The van der Waals surface area contributed by atoms with Crippen molar-refractivity contribution in [3.63, 3.8) is 0 Å². The Morgan fingerprint density at radius 1 is 1.23 bits per heavy atom. The zero-order valence-electron chi connectivity index (χ0n) is 17.3. The number of nitrogen functional groups attached to an aromatic ring is 1. The summed E-state index contributed by atoms with van der Waals surface area (Å²) in [5, 5.41) is 30.3. The second-order valence-electron chi connectivity index (χ2n) is 7.93. The highest BCUT2D eigenvalue weighted by Crippen LogP contribution is 2.32. The van der Waals surface area contributed by atoms with Crippen molar-refractivity contribution in [2.75, 3.05) is 25.4 Å². The van der Waals surface area contributed by atoms with Gasteiger partial charge in [0.1, 0.15) is 36.2 Å². The molecule has 3 heterocycles.